The monoisotopic (exact) mass is 563 g/mol. The zero-order chi connectivity index (χ0) is 29.7. The number of esters is 2. The van der Waals surface area contributed by atoms with Crippen LogP contribution in [0.5, 0.6) is 23.0 Å². The Balaban J connectivity index is 1.81. The number of rotatable bonds is 10. The van der Waals surface area contributed by atoms with Gasteiger partial charge in [0.1, 0.15) is 5.92 Å². The highest BCUT2D eigenvalue weighted by Gasteiger charge is 2.45. The minimum atomic E-state index is -0.782. The molecule has 1 aliphatic heterocycles. The van der Waals surface area contributed by atoms with E-state index in [1.54, 1.807) is 39.3 Å². The Kier molecular flexibility index (Phi) is 9.47. The molecule has 0 radical (unpaired) electrons. The Labute approximate surface area is 240 Å². The predicted molar refractivity (Wildman–Crippen MR) is 153 cm³/mol. The number of ether oxygens (including phenoxy) is 5. The first-order valence-corrected chi connectivity index (χ1v) is 13.9. The van der Waals surface area contributed by atoms with Crippen molar-refractivity contribution in [1.29, 1.82) is 0 Å². The number of carbonyl (C=O) groups excluding carboxylic acids is 3. The van der Waals surface area contributed by atoms with Gasteiger partial charge in [0.2, 0.25) is 0 Å². The van der Waals surface area contributed by atoms with Crippen molar-refractivity contribution in [3.63, 3.8) is 0 Å². The predicted octanol–water partition coefficient (Wildman–Crippen LogP) is 5.56. The van der Waals surface area contributed by atoms with Crippen molar-refractivity contribution in [3.8, 4) is 23.0 Å². The fraction of sp³-hybridized carbons (Fsp3) is 0.438. The fourth-order valence-corrected chi connectivity index (χ4v) is 5.59. The first kappa shape index (κ1) is 29.8. The molecule has 0 amide bonds. The summed E-state index contributed by atoms with van der Waals surface area (Å²) in [5.74, 6) is -0.687. The zero-order valence-corrected chi connectivity index (χ0v) is 24.4. The van der Waals surface area contributed by atoms with Gasteiger partial charge in [-0.25, -0.2) is 0 Å². The third-order valence-electron chi connectivity index (χ3n) is 7.35. The summed E-state index contributed by atoms with van der Waals surface area (Å²) < 4.78 is 27.6. The van der Waals surface area contributed by atoms with E-state index in [2.05, 4.69) is 0 Å². The van der Waals surface area contributed by atoms with Crippen LogP contribution in [0.25, 0.3) is 0 Å². The first-order valence-electron chi connectivity index (χ1n) is 13.9. The topological polar surface area (TPSA) is 110 Å². The second-order valence-electron chi connectivity index (χ2n) is 10.1. The third kappa shape index (κ3) is 6.29. The smallest absolute Gasteiger partial charge is 0.315 e. The van der Waals surface area contributed by atoms with Crippen molar-refractivity contribution in [3.05, 3.63) is 58.8 Å². The maximum atomic E-state index is 13.9. The SMILES string of the molecule is CCCOC(=O)C1C(C)=NC2=C(C(=O)C[C@H](c3ccc(OC)c(OC)c3)C2)[C@@H]1c1ccc(OC(C)=O)c(OCC)c1. The molecule has 2 aromatic carbocycles. The molecule has 1 aliphatic carbocycles. The lowest BCUT2D eigenvalue weighted by atomic mass is 9.69. The normalized spacial score (nSPS) is 20.1. The Hall–Kier alpha value is -4.14. The maximum absolute atomic E-state index is 13.9. The summed E-state index contributed by atoms with van der Waals surface area (Å²) in [5, 5.41) is 0. The van der Waals surface area contributed by atoms with E-state index in [9.17, 15) is 14.4 Å². The van der Waals surface area contributed by atoms with Gasteiger partial charge >= 0.3 is 11.9 Å². The molecule has 1 heterocycles. The van der Waals surface area contributed by atoms with Gasteiger partial charge in [-0.05, 0) is 68.0 Å². The summed E-state index contributed by atoms with van der Waals surface area (Å²) >= 11 is 0. The number of allylic oxidation sites excluding steroid dienone is 2. The molecule has 9 heteroatoms. The van der Waals surface area contributed by atoms with E-state index in [0.29, 0.717) is 59.2 Å². The largest absolute Gasteiger partial charge is 0.493 e. The minimum absolute atomic E-state index is 0.0809. The summed E-state index contributed by atoms with van der Waals surface area (Å²) in [5.41, 5.74) is 3.37. The van der Waals surface area contributed by atoms with Crippen LogP contribution in [0.2, 0.25) is 0 Å². The number of methoxy groups -OCH3 is 2. The molecular formula is C32H37NO8. The van der Waals surface area contributed by atoms with Gasteiger partial charge in [0.15, 0.2) is 28.8 Å². The average molecular weight is 564 g/mol. The molecule has 0 aromatic heterocycles. The molecule has 0 saturated heterocycles. The average Bonchev–Trinajstić information content (AvgIpc) is 2.95. The van der Waals surface area contributed by atoms with E-state index >= 15 is 0 Å². The highest BCUT2D eigenvalue weighted by atomic mass is 16.6. The number of nitrogens with zero attached hydrogens (tertiary/aromatic N) is 1. The quantitative estimate of drug-likeness (QED) is 0.273. The minimum Gasteiger partial charge on any atom is -0.493 e. The van der Waals surface area contributed by atoms with Crippen LogP contribution in [0.1, 0.15) is 69.9 Å². The lowest BCUT2D eigenvalue weighted by molar-refractivity contribution is -0.146. The Morgan fingerprint density at radius 1 is 0.927 bits per heavy atom. The van der Waals surface area contributed by atoms with E-state index in [0.717, 1.165) is 5.56 Å². The van der Waals surface area contributed by atoms with Gasteiger partial charge in [-0.3, -0.25) is 19.4 Å². The molecule has 218 valence electrons. The second kappa shape index (κ2) is 13.0. The van der Waals surface area contributed by atoms with Crippen molar-refractivity contribution >= 4 is 23.4 Å². The van der Waals surface area contributed by atoms with E-state index < -0.39 is 23.8 Å². The highest BCUT2D eigenvalue weighted by Crippen LogP contribution is 2.48. The fourth-order valence-electron chi connectivity index (χ4n) is 5.59. The molecule has 4 rings (SSSR count). The van der Waals surface area contributed by atoms with Gasteiger partial charge in [0, 0.05) is 36.2 Å². The molecule has 1 unspecified atom stereocenters. The summed E-state index contributed by atoms with van der Waals surface area (Å²) in [6, 6.07) is 10.8. The van der Waals surface area contributed by atoms with Crippen molar-refractivity contribution in [2.75, 3.05) is 27.4 Å². The Morgan fingerprint density at radius 2 is 1.61 bits per heavy atom. The molecule has 0 fully saturated rings. The number of hydrogen-bond donors (Lipinski definition) is 0. The maximum Gasteiger partial charge on any atom is 0.315 e. The second-order valence-corrected chi connectivity index (χ2v) is 10.1. The summed E-state index contributed by atoms with van der Waals surface area (Å²) in [4.78, 5) is 43.9. The number of Topliss-reactive ketones (excluding diaryl/α,β-unsaturated/α-hetero) is 1. The van der Waals surface area contributed by atoms with Gasteiger partial charge in [0.25, 0.3) is 0 Å². The Bertz CT molecular complexity index is 1390. The summed E-state index contributed by atoms with van der Waals surface area (Å²) in [7, 11) is 3.16. The molecular weight excluding hydrogens is 526 g/mol. The van der Waals surface area contributed by atoms with Crippen LogP contribution < -0.4 is 18.9 Å². The third-order valence-corrected chi connectivity index (χ3v) is 7.35. The van der Waals surface area contributed by atoms with Crippen LogP contribution in [0.4, 0.5) is 0 Å². The molecule has 0 saturated carbocycles. The molecule has 0 N–H and O–H groups in total. The van der Waals surface area contributed by atoms with Crippen molar-refractivity contribution in [2.24, 2.45) is 10.9 Å². The molecule has 0 bridgehead atoms. The lowest BCUT2D eigenvalue weighted by Crippen LogP contribution is -2.38. The van der Waals surface area contributed by atoms with E-state index in [1.807, 2.05) is 32.0 Å². The standard InChI is InChI=1S/C32H37NO8/c1-7-13-40-32(36)29-18(3)33-23-14-22(20-9-11-25(37-5)27(16-20)38-6)15-24(35)31(23)30(29)21-10-12-26(41-19(4)34)28(17-21)39-8-2/h9-12,16-17,22,29-30H,7-8,13-15H2,1-6H3/t22-,29?,30-/m1/s1. The molecule has 9 nitrogen and oxygen atoms in total. The van der Waals surface area contributed by atoms with Gasteiger partial charge in [-0.2, -0.15) is 0 Å². The van der Waals surface area contributed by atoms with E-state index in [4.69, 9.17) is 28.7 Å². The van der Waals surface area contributed by atoms with Crippen LogP contribution >= 0.6 is 0 Å². The molecule has 2 aliphatic rings. The van der Waals surface area contributed by atoms with E-state index in [1.165, 1.54) is 6.92 Å². The molecule has 2 aromatic rings. The van der Waals surface area contributed by atoms with Gasteiger partial charge in [-0.15, -0.1) is 0 Å². The highest BCUT2D eigenvalue weighted by molar-refractivity contribution is 6.09. The summed E-state index contributed by atoms with van der Waals surface area (Å²) in [6.07, 6.45) is 1.44. The number of aliphatic imine (C=N–C) groups is 1. The van der Waals surface area contributed by atoms with Crippen LogP contribution in [-0.4, -0.2) is 50.9 Å². The number of benzene rings is 2. The molecule has 3 atom stereocenters. The van der Waals surface area contributed by atoms with Crippen molar-refractivity contribution < 1.29 is 38.1 Å². The number of carbonyl (C=O) groups is 3. The zero-order valence-electron chi connectivity index (χ0n) is 24.4. The molecule has 0 spiro atoms. The lowest BCUT2D eigenvalue weighted by Gasteiger charge is -2.36. The van der Waals surface area contributed by atoms with Crippen LogP contribution in [-0.2, 0) is 19.1 Å². The van der Waals surface area contributed by atoms with Gasteiger partial charge in [-0.1, -0.05) is 19.1 Å². The number of ketones is 1. The number of hydrogen-bond acceptors (Lipinski definition) is 9. The van der Waals surface area contributed by atoms with Crippen LogP contribution in [0.3, 0.4) is 0 Å². The Morgan fingerprint density at radius 3 is 2.27 bits per heavy atom. The first-order chi connectivity index (χ1) is 19.7. The van der Waals surface area contributed by atoms with Crippen LogP contribution in [0, 0.1) is 5.92 Å². The molecule has 41 heavy (non-hydrogen) atoms. The van der Waals surface area contributed by atoms with Crippen molar-refractivity contribution in [2.45, 2.75) is 58.8 Å². The van der Waals surface area contributed by atoms with Crippen LogP contribution in [0.15, 0.2) is 52.7 Å². The summed E-state index contributed by atoms with van der Waals surface area (Å²) in [6.45, 7) is 7.48. The van der Waals surface area contributed by atoms with E-state index in [-0.39, 0.29) is 30.5 Å². The van der Waals surface area contributed by atoms with Crippen molar-refractivity contribution in [1.82, 2.24) is 0 Å². The van der Waals surface area contributed by atoms with Gasteiger partial charge < -0.3 is 23.7 Å². The van der Waals surface area contributed by atoms with Gasteiger partial charge in [0.05, 0.1) is 27.4 Å².